The van der Waals surface area contributed by atoms with Gasteiger partial charge in [0, 0.05) is 25.7 Å². The number of hydrogen-bond donors (Lipinski definition) is 1. The Bertz CT molecular complexity index is 1050. The number of sulfonamides is 1. The van der Waals surface area contributed by atoms with Crippen LogP contribution in [0.5, 0.6) is 0 Å². The molecule has 0 unspecified atom stereocenters. The Balaban J connectivity index is 1.69. The summed E-state index contributed by atoms with van der Waals surface area (Å²) in [5.74, 6) is -0.287. The lowest BCUT2D eigenvalue weighted by Crippen LogP contribution is -2.42. The second kappa shape index (κ2) is 7.02. The average molecular weight is 413 g/mol. The minimum Gasteiger partial charge on any atom is -0.339 e. The monoisotopic (exact) mass is 413 g/mol. The lowest BCUT2D eigenvalue weighted by Gasteiger charge is -2.31. The Hall–Kier alpha value is -2.31. The molecule has 2 N–H and O–H groups in total. The van der Waals surface area contributed by atoms with Crippen LogP contribution in [-0.4, -0.2) is 60.7 Å². The van der Waals surface area contributed by atoms with Gasteiger partial charge in [-0.2, -0.15) is 0 Å². The van der Waals surface area contributed by atoms with Crippen LogP contribution in [0.1, 0.15) is 23.2 Å². The molecule has 10 nitrogen and oxygen atoms in total. The number of aryl methyl sites for hydroxylation is 1. The molecule has 3 rings (SSSR count). The molecular weight excluding hydrogens is 394 g/mol. The van der Waals surface area contributed by atoms with Crippen molar-refractivity contribution in [2.24, 2.45) is 12.2 Å². The van der Waals surface area contributed by atoms with E-state index in [0.717, 1.165) is 0 Å². The molecule has 2 heterocycles. The predicted molar refractivity (Wildman–Crippen MR) is 94.9 cm³/mol. The molecule has 1 aliphatic rings. The number of piperidine rings is 1. The molecule has 0 spiro atoms. The van der Waals surface area contributed by atoms with Gasteiger partial charge in [0.15, 0.2) is 0 Å². The topological polar surface area (TPSA) is 145 Å². The number of carbonyl (C=O) groups is 1. The normalized spacial score (nSPS) is 16.4. The van der Waals surface area contributed by atoms with Crippen molar-refractivity contribution < 1.29 is 21.6 Å². The third-order valence-electron chi connectivity index (χ3n) is 4.52. The number of sulfone groups is 1. The van der Waals surface area contributed by atoms with Gasteiger partial charge < -0.3 is 9.47 Å². The Morgan fingerprint density at radius 3 is 2.19 bits per heavy atom. The standard InChI is InChI=1S/C15H19N5O5S2/c1-19-10-17-18-15(19)26(22,23)12-6-8-20(9-7-12)14(21)11-2-4-13(5-3-11)27(16,24)25/h2-5,10,12H,6-9H2,1H3,(H2,16,24,25). The van der Waals surface area contributed by atoms with Crippen LogP contribution in [0.3, 0.4) is 0 Å². The Morgan fingerprint density at radius 1 is 1.11 bits per heavy atom. The first-order chi connectivity index (χ1) is 12.6. The van der Waals surface area contributed by atoms with Gasteiger partial charge in [-0.3, -0.25) is 4.79 Å². The molecule has 0 radical (unpaired) electrons. The molecule has 146 valence electrons. The van der Waals surface area contributed by atoms with E-state index in [1.165, 1.54) is 35.2 Å². The van der Waals surface area contributed by atoms with E-state index in [4.69, 9.17) is 5.14 Å². The van der Waals surface area contributed by atoms with Crippen molar-refractivity contribution in [2.75, 3.05) is 13.1 Å². The molecule has 27 heavy (non-hydrogen) atoms. The van der Waals surface area contributed by atoms with Gasteiger partial charge in [0.1, 0.15) is 6.33 Å². The molecule has 1 saturated heterocycles. The second-order valence-electron chi connectivity index (χ2n) is 6.33. The number of rotatable bonds is 4. The maximum absolute atomic E-state index is 12.7. The first-order valence-electron chi connectivity index (χ1n) is 8.11. The van der Waals surface area contributed by atoms with Crippen LogP contribution >= 0.6 is 0 Å². The first kappa shape index (κ1) is 19.5. The van der Waals surface area contributed by atoms with E-state index < -0.39 is 25.1 Å². The third kappa shape index (κ3) is 3.87. The van der Waals surface area contributed by atoms with Crippen LogP contribution in [0.4, 0.5) is 0 Å². The summed E-state index contributed by atoms with van der Waals surface area (Å²) in [4.78, 5) is 14.0. The zero-order chi connectivity index (χ0) is 19.8. The minimum absolute atomic E-state index is 0.0764. The fourth-order valence-electron chi connectivity index (χ4n) is 3.02. The predicted octanol–water partition coefficient (Wildman–Crippen LogP) is -0.459. The fourth-order valence-corrected chi connectivity index (χ4v) is 5.27. The molecule has 0 atom stereocenters. The van der Waals surface area contributed by atoms with Crippen molar-refractivity contribution in [2.45, 2.75) is 28.1 Å². The number of benzene rings is 1. The summed E-state index contributed by atoms with van der Waals surface area (Å²) in [6.07, 6.45) is 1.91. The summed E-state index contributed by atoms with van der Waals surface area (Å²) in [5.41, 5.74) is 0.317. The highest BCUT2D eigenvalue weighted by atomic mass is 32.2. The van der Waals surface area contributed by atoms with Crippen molar-refractivity contribution in [1.82, 2.24) is 19.7 Å². The zero-order valence-corrected chi connectivity index (χ0v) is 16.1. The quantitative estimate of drug-likeness (QED) is 0.714. The largest absolute Gasteiger partial charge is 0.339 e. The van der Waals surface area contributed by atoms with Gasteiger partial charge in [-0.25, -0.2) is 22.0 Å². The van der Waals surface area contributed by atoms with Crippen LogP contribution in [-0.2, 0) is 26.9 Å². The van der Waals surface area contributed by atoms with Gasteiger partial charge in [-0.05, 0) is 37.1 Å². The number of hydrogen-bond acceptors (Lipinski definition) is 7. The van der Waals surface area contributed by atoms with Crippen molar-refractivity contribution in [3.8, 4) is 0 Å². The van der Waals surface area contributed by atoms with Crippen molar-refractivity contribution >= 4 is 25.8 Å². The molecular formula is C15H19N5O5S2. The van der Waals surface area contributed by atoms with E-state index >= 15 is 0 Å². The van der Waals surface area contributed by atoms with Gasteiger partial charge in [-0.15, -0.1) is 10.2 Å². The van der Waals surface area contributed by atoms with Gasteiger partial charge >= 0.3 is 0 Å². The second-order valence-corrected chi connectivity index (χ2v) is 10.0. The van der Waals surface area contributed by atoms with Crippen molar-refractivity contribution in [1.29, 1.82) is 0 Å². The van der Waals surface area contributed by atoms with E-state index in [1.54, 1.807) is 11.9 Å². The molecule has 1 fully saturated rings. The van der Waals surface area contributed by atoms with Gasteiger partial charge in [0.05, 0.1) is 10.1 Å². The van der Waals surface area contributed by atoms with Gasteiger partial charge in [0.25, 0.3) is 5.91 Å². The van der Waals surface area contributed by atoms with Crippen LogP contribution in [0.2, 0.25) is 0 Å². The molecule has 0 bridgehead atoms. The number of nitrogens with two attached hydrogens (primary N) is 1. The number of likely N-dealkylation sites (tertiary alicyclic amines) is 1. The third-order valence-corrected chi connectivity index (χ3v) is 7.68. The molecule has 1 aromatic carbocycles. The maximum atomic E-state index is 12.7. The molecule has 12 heteroatoms. The number of carbonyl (C=O) groups excluding carboxylic acids is 1. The maximum Gasteiger partial charge on any atom is 0.253 e. The lowest BCUT2D eigenvalue weighted by molar-refractivity contribution is 0.0725. The molecule has 2 aromatic rings. The fraction of sp³-hybridized carbons (Fsp3) is 0.400. The zero-order valence-electron chi connectivity index (χ0n) is 14.5. The van der Waals surface area contributed by atoms with E-state index in [-0.39, 0.29) is 41.9 Å². The molecule has 1 amide bonds. The number of nitrogens with zero attached hydrogens (tertiary/aromatic N) is 4. The summed E-state index contributed by atoms with van der Waals surface area (Å²) in [5, 5.41) is 11.6. The Kier molecular flexibility index (Phi) is 5.06. The summed E-state index contributed by atoms with van der Waals surface area (Å²) < 4.78 is 49.2. The van der Waals surface area contributed by atoms with Crippen molar-refractivity contribution in [3.05, 3.63) is 36.2 Å². The van der Waals surface area contributed by atoms with E-state index in [0.29, 0.717) is 5.56 Å². The smallest absolute Gasteiger partial charge is 0.253 e. The Labute approximate surface area is 157 Å². The van der Waals surface area contributed by atoms with Crippen LogP contribution in [0.25, 0.3) is 0 Å². The van der Waals surface area contributed by atoms with Crippen LogP contribution < -0.4 is 5.14 Å². The summed E-state index contributed by atoms with van der Waals surface area (Å²) in [6, 6.07) is 5.33. The average Bonchev–Trinajstić information content (AvgIpc) is 3.07. The van der Waals surface area contributed by atoms with E-state index in [9.17, 15) is 21.6 Å². The Morgan fingerprint density at radius 2 is 1.70 bits per heavy atom. The first-order valence-corrected chi connectivity index (χ1v) is 11.2. The van der Waals surface area contributed by atoms with Crippen LogP contribution in [0.15, 0.2) is 40.6 Å². The highest BCUT2D eigenvalue weighted by molar-refractivity contribution is 7.91. The summed E-state index contributed by atoms with van der Waals surface area (Å²) in [7, 11) is -5.87. The van der Waals surface area contributed by atoms with Crippen molar-refractivity contribution in [3.63, 3.8) is 0 Å². The molecule has 1 aliphatic heterocycles. The summed E-state index contributed by atoms with van der Waals surface area (Å²) in [6.45, 7) is 0.551. The SMILES string of the molecule is Cn1cnnc1S(=O)(=O)C1CCN(C(=O)c2ccc(S(N)(=O)=O)cc2)CC1. The molecule has 1 aromatic heterocycles. The van der Waals surface area contributed by atoms with Gasteiger partial charge in [0.2, 0.25) is 25.0 Å². The highest BCUT2D eigenvalue weighted by Crippen LogP contribution is 2.24. The van der Waals surface area contributed by atoms with E-state index in [1.807, 2.05) is 0 Å². The minimum atomic E-state index is -3.82. The molecule has 0 saturated carbocycles. The highest BCUT2D eigenvalue weighted by Gasteiger charge is 2.35. The summed E-state index contributed by atoms with van der Waals surface area (Å²) >= 11 is 0. The lowest BCUT2D eigenvalue weighted by atomic mass is 10.1. The number of aromatic nitrogens is 3. The van der Waals surface area contributed by atoms with Gasteiger partial charge in [-0.1, -0.05) is 0 Å². The number of primary sulfonamides is 1. The number of amides is 1. The van der Waals surface area contributed by atoms with Crippen LogP contribution in [0, 0.1) is 0 Å². The van der Waals surface area contributed by atoms with E-state index in [2.05, 4.69) is 10.2 Å². The molecule has 0 aliphatic carbocycles.